The number of pyridine rings is 1. The average molecular weight is 469 g/mol. The van der Waals surface area contributed by atoms with E-state index < -0.39 is 29.5 Å². The van der Waals surface area contributed by atoms with E-state index in [1.54, 1.807) is 42.5 Å². The number of hydrogen-bond donors (Lipinski definition) is 1. The van der Waals surface area contributed by atoms with E-state index in [0.29, 0.717) is 27.7 Å². The summed E-state index contributed by atoms with van der Waals surface area (Å²) in [5.74, 6) is -1.66. The van der Waals surface area contributed by atoms with Crippen molar-refractivity contribution in [1.29, 1.82) is 0 Å². The van der Waals surface area contributed by atoms with Crippen molar-refractivity contribution >= 4 is 23.1 Å². The van der Waals surface area contributed by atoms with Gasteiger partial charge in [0.25, 0.3) is 0 Å². The van der Waals surface area contributed by atoms with Crippen LogP contribution in [0.3, 0.4) is 0 Å². The van der Waals surface area contributed by atoms with E-state index in [2.05, 4.69) is 4.98 Å². The van der Waals surface area contributed by atoms with E-state index in [1.807, 2.05) is 0 Å². The highest BCUT2D eigenvalue weighted by molar-refractivity contribution is 5.81. The molecule has 0 spiro atoms. The normalized spacial score (nSPS) is 15.6. The molecule has 5 rings (SSSR count). The third kappa shape index (κ3) is 4.01. The van der Waals surface area contributed by atoms with Gasteiger partial charge in [-0.3, -0.25) is 0 Å². The minimum atomic E-state index is -4.57. The first-order chi connectivity index (χ1) is 16.2. The van der Waals surface area contributed by atoms with Crippen LogP contribution >= 0.6 is 0 Å². The van der Waals surface area contributed by atoms with Gasteiger partial charge >= 0.3 is 6.18 Å². The van der Waals surface area contributed by atoms with Gasteiger partial charge in [-0.15, -0.1) is 0 Å². The molecule has 1 aliphatic rings. The lowest BCUT2D eigenvalue weighted by Gasteiger charge is -2.17. The summed E-state index contributed by atoms with van der Waals surface area (Å²) in [6.07, 6.45) is -2.53. The molecule has 1 N–H and O–H groups in total. The lowest BCUT2D eigenvalue weighted by molar-refractivity contribution is -0.138. The zero-order chi connectivity index (χ0) is 24.0. The molecule has 0 bridgehead atoms. The first-order valence-electron chi connectivity index (χ1n) is 10.3. The second-order valence-corrected chi connectivity index (χ2v) is 7.89. The number of fused-ring (bicyclic) bond motifs is 3. The fourth-order valence-electron chi connectivity index (χ4n) is 4.03. The van der Waals surface area contributed by atoms with Crippen LogP contribution in [0.1, 0.15) is 39.6 Å². The molecule has 1 aliphatic heterocycles. The summed E-state index contributed by atoms with van der Waals surface area (Å²) in [4.78, 5) is 4.30. The van der Waals surface area contributed by atoms with Crippen LogP contribution in [0.2, 0.25) is 0 Å². The van der Waals surface area contributed by atoms with Gasteiger partial charge in [-0.25, -0.2) is 13.8 Å². The van der Waals surface area contributed by atoms with E-state index in [4.69, 9.17) is 4.74 Å². The quantitative estimate of drug-likeness (QED) is 0.333. The van der Waals surface area contributed by atoms with Gasteiger partial charge in [-0.05, 0) is 47.5 Å². The molecule has 4 aromatic rings. The number of ether oxygens (including phenoxy) is 1. The second kappa shape index (κ2) is 8.22. The molecule has 34 heavy (non-hydrogen) atoms. The highest BCUT2D eigenvalue weighted by atomic mass is 19.4. The Balaban J connectivity index is 1.48. The smallest absolute Gasteiger partial charge is 0.416 e. The molecule has 3 nitrogen and oxygen atoms in total. The van der Waals surface area contributed by atoms with E-state index in [1.165, 1.54) is 12.1 Å². The fourth-order valence-corrected chi connectivity index (χ4v) is 4.03. The van der Waals surface area contributed by atoms with Gasteiger partial charge in [-0.2, -0.15) is 13.2 Å². The molecule has 1 unspecified atom stereocenters. The van der Waals surface area contributed by atoms with Crippen molar-refractivity contribution in [1.82, 2.24) is 4.98 Å². The Morgan fingerprint density at radius 2 is 1.71 bits per heavy atom. The predicted octanol–water partition coefficient (Wildman–Crippen LogP) is 6.68. The number of halogens is 5. The summed E-state index contributed by atoms with van der Waals surface area (Å²) < 4.78 is 72.8. The van der Waals surface area contributed by atoms with Crippen LogP contribution in [0.5, 0.6) is 5.75 Å². The molecule has 1 aromatic heterocycles. The van der Waals surface area contributed by atoms with E-state index >= 15 is 0 Å². The van der Waals surface area contributed by atoms with Crippen LogP contribution in [-0.4, -0.2) is 10.1 Å². The highest BCUT2D eigenvalue weighted by Crippen LogP contribution is 2.41. The van der Waals surface area contributed by atoms with Gasteiger partial charge in [0.1, 0.15) is 18.5 Å². The molecule has 0 saturated heterocycles. The molecule has 0 radical (unpaired) electrons. The number of rotatable bonds is 2. The van der Waals surface area contributed by atoms with Crippen molar-refractivity contribution in [3.05, 3.63) is 106 Å². The lowest BCUT2D eigenvalue weighted by Crippen LogP contribution is -2.13. The van der Waals surface area contributed by atoms with Gasteiger partial charge in [0.2, 0.25) is 0 Å². The first kappa shape index (κ1) is 22.0. The Labute approximate surface area is 190 Å². The molecule has 172 valence electrons. The lowest BCUT2D eigenvalue weighted by atomic mass is 9.93. The summed E-state index contributed by atoms with van der Waals surface area (Å²) >= 11 is 0. The number of aromatic nitrogens is 1. The summed E-state index contributed by atoms with van der Waals surface area (Å²) in [5, 5.41) is 11.4. The van der Waals surface area contributed by atoms with E-state index in [0.717, 1.165) is 18.2 Å². The van der Waals surface area contributed by atoms with Gasteiger partial charge in [0.15, 0.2) is 11.6 Å². The van der Waals surface area contributed by atoms with Crippen molar-refractivity contribution in [2.24, 2.45) is 0 Å². The third-order valence-corrected chi connectivity index (χ3v) is 5.71. The number of aliphatic hydroxyl groups is 1. The van der Waals surface area contributed by atoms with Crippen LogP contribution < -0.4 is 4.74 Å². The van der Waals surface area contributed by atoms with Gasteiger partial charge < -0.3 is 9.84 Å². The van der Waals surface area contributed by atoms with Crippen LogP contribution in [0.15, 0.2) is 60.7 Å². The Bertz CT molecular complexity index is 1450. The second-order valence-electron chi connectivity index (χ2n) is 7.89. The number of hydrogen-bond acceptors (Lipinski definition) is 3. The zero-order valence-corrected chi connectivity index (χ0v) is 17.4. The number of alkyl halides is 3. The van der Waals surface area contributed by atoms with Crippen molar-refractivity contribution < 1.29 is 31.8 Å². The average Bonchev–Trinajstić information content (AvgIpc) is 2.94. The highest BCUT2D eigenvalue weighted by Gasteiger charge is 2.36. The minimum absolute atomic E-state index is 0.0974. The maximum absolute atomic E-state index is 13.5. The van der Waals surface area contributed by atoms with E-state index in [9.17, 15) is 27.1 Å². The van der Waals surface area contributed by atoms with Crippen LogP contribution in [0, 0.1) is 11.6 Å². The number of benzene rings is 3. The van der Waals surface area contributed by atoms with Gasteiger partial charge in [0, 0.05) is 22.6 Å². The molecule has 3 aromatic carbocycles. The van der Waals surface area contributed by atoms with Gasteiger partial charge in [0.05, 0.1) is 16.8 Å². The molecular weight excluding hydrogens is 453 g/mol. The molecule has 0 fully saturated rings. The largest absolute Gasteiger partial charge is 0.488 e. The predicted molar refractivity (Wildman–Crippen MR) is 117 cm³/mol. The molecule has 0 aliphatic carbocycles. The number of aliphatic hydroxyl groups excluding tert-OH is 1. The van der Waals surface area contributed by atoms with Crippen molar-refractivity contribution in [3.63, 3.8) is 0 Å². The molecular formula is C26H16F5NO2. The van der Waals surface area contributed by atoms with Crippen LogP contribution in [-0.2, 0) is 12.8 Å². The topological polar surface area (TPSA) is 42.4 Å². The Morgan fingerprint density at radius 3 is 2.50 bits per heavy atom. The van der Waals surface area contributed by atoms with Crippen LogP contribution in [0.25, 0.3) is 23.1 Å². The fraction of sp³-hybridized carbons (Fsp3) is 0.115. The third-order valence-electron chi connectivity index (χ3n) is 5.71. The maximum Gasteiger partial charge on any atom is 0.416 e. The summed E-state index contributed by atoms with van der Waals surface area (Å²) in [6, 6.07) is 13.9. The standard InChI is InChI=1S/C26H16F5NO2/c27-21-11-15-6-8-16(32-23(15)12-22(21)28)7-4-14-5-9-24-18(10-14)25(33)17-2-1-3-20(26(29,30)31)19(17)13-34-24/h1-12,25,33H,13H2. The van der Waals surface area contributed by atoms with Crippen LogP contribution in [0.4, 0.5) is 22.0 Å². The molecule has 0 saturated carbocycles. The van der Waals surface area contributed by atoms with Crippen molar-refractivity contribution in [2.45, 2.75) is 18.9 Å². The zero-order valence-electron chi connectivity index (χ0n) is 17.4. The number of nitrogens with zero attached hydrogens (tertiary/aromatic N) is 1. The van der Waals surface area contributed by atoms with Crippen molar-refractivity contribution in [3.8, 4) is 5.75 Å². The van der Waals surface area contributed by atoms with Gasteiger partial charge in [-0.1, -0.05) is 30.3 Å². The Morgan fingerprint density at radius 1 is 0.912 bits per heavy atom. The first-order valence-corrected chi connectivity index (χ1v) is 10.3. The molecule has 2 heterocycles. The molecule has 8 heteroatoms. The summed E-state index contributed by atoms with van der Waals surface area (Å²) in [6.45, 7) is -0.317. The Kier molecular flexibility index (Phi) is 5.32. The molecule has 0 amide bonds. The summed E-state index contributed by atoms with van der Waals surface area (Å²) in [7, 11) is 0. The summed E-state index contributed by atoms with van der Waals surface area (Å²) in [5.41, 5.74) is 0.971. The SMILES string of the molecule is OC1c2cc(C=Cc3ccc4cc(F)c(F)cc4n3)ccc2OCc2c1cccc2C(F)(F)F. The molecule has 1 atom stereocenters. The Hall–Kier alpha value is -3.78. The van der Waals surface area contributed by atoms with E-state index in [-0.39, 0.29) is 23.5 Å². The maximum atomic E-state index is 13.5. The van der Waals surface area contributed by atoms with Crippen molar-refractivity contribution in [2.75, 3.05) is 0 Å². The monoisotopic (exact) mass is 469 g/mol. The minimum Gasteiger partial charge on any atom is -0.488 e.